The lowest BCUT2D eigenvalue weighted by Gasteiger charge is -2.35. The SMILES string of the molecule is CC(=O)c1cnc(N2CCN(C(=O)CC(C)C)CC2)nc1C. The Balaban J connectivity index is 1.98. The first-order chi connectivity index (χ1) is 10.4. The van der Waals surface area contributed by atoms with Gasteiger partial charge in [-0.15, -0.1) is 0 Å². The zero-order chi connectivity index (χ0) is 16.3. The van der Waals surface area contributed by atoms with Crippen LogP contribution in [0.25, 0.3) is 0 Å². The predicted molar refractivity (Wildman–Crippen MR) is 85.0 cm³/mol. The van der Waals surface area contributed by atoms with Crippen LogP contribution in [0.4, 0.5) is 5.95 Å². The summed E-state index contributed by atoms with van der Waals surface area (Å²) in [6.45, 7) is 10.3. The summed E-state index contributed by atoms with van der Waals surface area (Å²) in [5, 5.41) is 0. The molecule has 0 N–H and O–H groups in total. The van der Waals surface area contributed by atoms with Crippen LogP contribution in [-0.4, -0.2) is 52.7 Å². The lowest BCUT2D eigenvalue weighted by Crippen LogP contribution is -2.49. The number of aryl methyl sites for hydroxylation is 1. The van der Waals surface area contributed by atoms with E-state index in [0.717, 1.165) is 13.1 Å². The molecule has 1 saturated heterocycles. The van der Waals surface area contributed by atoms with Crippen LogP contribution in [0.5, 0.6) is 0 Å². The monoisotopic (exact) mass is 304 g/mol. The van der Waals surface area contributed by atoms with Crippen molar-refractivity contribution in [1.82, 2.24) is 14.9 Å². The van der Waals surface area contributed by atoms with Gasteiger partial charge in [0.05, 0.1) is 11.3 Å². The molecular weight excluding hydrogens is 280 g/mol. The quantitative estimate of drug-likeness (QED) is 0.792. The highest BCUT2D eigenvalue weighted by atomic mass is 16.2. The maximum atomic E-state index is 12.1. The van der Waals surface area contributed by atoms with Gasteiger partial charge in [-0.3, -0.25) is 9.59 Å². The topological polar surface area (TPSA) is 66.4 Å². The summed E-state index contributed by atoms with van der Waals surface area (Å²) < 4.78 is 0. The molecule has 2 rings (SSSR count). The minimum absolute atomic E-state index is 0.0202. The largest absolute Gasteiger partial charge is 0.339 e. The van der Waals surface area contributed by atoms with Gasteiger partial charge in [-0.2, -0.15) is 0 Å². The smallest absolute Gasteiger partial charge is 0.225 e. The number of Topliss-reactive ketones (excluding diaryl/α,β-unsaturated/α-hetero) is 1. The summed E-state index contributed by atoms with van der Waals surface area (Å²) in [5.74, 6) is 1.22. The fourth-order valence-electron chi connectivity index (χ4n) is 2.59. The molecule has 1 fully saturated rings. The van der Waals surface area contributed by atoms with E-state index in [-0.39, 0.29) is 11.7 Å². The van der Waals surface area contributed by atoms with Crippen molar-refractivity contribution in [3.05, 3.63) is 17.5 Å². The number of amides is 1. The van der Waals surface area contributed by atoms with E-state index in [0.29, 0.717) is 42.6 Å². The molecule has 1 aromatic rings. The van der Waals surface area contributed by atoms with E-state index in [2.05, 4.69) is 28.7 Å². The minimum Gasteiger partial charge on any atom is -0.339 e. The second kappa shape index (κ2) is 6.85. The molecule has 6 nitrogen and oxygen atoms in total. The number of carbonyl (C=O) groups is 2. The first-order valence-electron chi connectivity index (χ1n) is 7.75. The Morgan fingerprint density at radius 3 is 2.36 bits per heavy atom. The third kappa shape index (κ3) is 3.81. The molecule has 1 aliphatic heterocycles. The molecule has 0 radical (unpaired) electrons. The number of nitrogens with zero attached hydrogens (tertiary/aromatic N) is 4. The highest BCUT2D eigenvalue weighted by Crippen LogP contribution is 2.15. The van der Waals surface area contributed by atoms with Gasteiger partial charge in [0.1, 0.15) is 0 Å². The highest BCUT2D eigenvalue weighted by Gasteiger charge is 2.23. The standard InChI is InChI=1S/C16H24N4O2/c1-11(2)9-15(22)19-5-7-20(8-6-19)16-17-10-14(13(4)21)12(3)18-16/h10-11H,5-9H2,1-4H3. The Hall–Kier alpha value is -1.98. The summed E-state index contributed by atoms with van der Waals surface area (Å²) in [6, 6.07) is 0. The van der Waals surface area contributed by atoms with Crippen molar-refractivity contribution >= 4 is 17.6 Å². The number of piperazine rings is 1. The third-order valence-corrected chi connectivity index (χ3v) is 3.84. The lowest BCUT2D eigenvalue weighted by molar-refractivity contribution is -0.132. The van der Waals surface area contributed by atoms with Gasteiger partial charge in [0, 0.05) is 38.8 Å². The molecule has 1 aromatic heterocycles. The lowest BCUT2D eigenvalue weighted by atomic mass is 10.1. The summed E-state index contributed by atoms with van der Waals surface area (Å²) in [7, 11) is 0. The molecule has 1 amide bonds. The first-order valence-corrected chi connectivity index (χ1v) is 7.75. The van der Waals surface area contributed by atoms with Gasteiger partial charge in [-0.1, -0.05) is 13.8 Å². The second-order valence-electron chi connectivity index (χ2n) is 6.19. The number of hydrogen-bond acceptors (Lipinski definition) is 5. The molecule has 0 saturated carbocycles. The van der Waals surface area contributed by atoms with Crippen LogP contribution < -0.4 is 4.90 Å². The zero-order valence-electron chi connectivity index (χ0n) is 13.8. The molecule has 2 heterocycles. The molecule has 0 atom stereocenters. The van der Waals surface area contributed by atoms with Crippen LogP contribution in [0.1, 0.15) is 43.2 Å². The van der Waals surface area contributed by atoms with Crippen molar-refractivity contribution in [1.29, 1.82) is 0 Å². The molecule has 0 unspecified atom stereocenters. The Bertz CT molecular complexity index is 563. The van der Waals surface area contributed by atoms with Crippen LogP contribution in [0.2, 0.25) is 0 Å². The van der Waals surface area contributed by atoms with E-state index >= 15 is 0 Å². The minimum atomic E-state index is -0.0202. The Kier molecular flexibility index (Phi) is 5.11. The zero-order valence-corrected chi connectivity index (χ0v) is 13.8. The van der Waals surface area contributed by atoms with Gasteiger partial charge in [-0.05, 0) is 19.8 Å². The molecule has 6 heteroatoms. The first kappa shape index (κ1) is 16.4. The van der Waals surface area contributed by atoms with Gasteiger partial charge >= 0.3 is 0 Å². The number of carbonyl (C=O) groups excluding carboxylic acids is 2. The van der Waals surface area contributed by atoms with Crippen molar-refractivity contribution in [2.45, 2.75) is 34.1 Å². The van der Waals surface area contributed by atoms with Gasteiger partial charge in [0.25, 0.3) is 0 Å². The van der Waals surface area contributed by atoms with Gasteiger partial charge in [0.2, 0.25) is 11.9 Å². The van der Waals surface area contributed by atoms with Crippen molar-refractivity contribution in [3.8, 4) is 0 Å². The average Bonchev–Trinajstić information content (AvgIpc) is 2.46. The summed E-state index contributed by atoms with van der Waals surface area (Å²) >= 11 is 0. The van der Waals surface area contributed by atoms with Crippen molar-refractivity contribution in [2.24, 2.45) is 5.92 Å². The Labute approximate surface area is 131 Å². The molecule has 0 aliphatic carbocycles. The van der Waals surface area contributed by atoms with Crippen LogP contribution in [0, 0.1) is 12.8 Å². The number of ketones is 1. The van der Waals surface area contributed by atoms with E-state index in [9.17, 15) is 9.59 Å². The third-order valence-electron chi connectivity index (χ3n) is 3.84. The van der Waals surface area contributed by atoms with E-state index in [1.807, 2.05) is 11.8 Å². The van der Waals surface area contributed by atoms with Crippen LogP contribution >= 0.6 is 0 Å². The maximum absolute atomic E-state index is 12.1. The van der Waals surface area contributed by atoms with Gasteiger partial charge in [-0.25, -0.2) is 9.97 Å². The summed E-state index contributed by atoms with van der Waals surface area (Å²) in [6.07, 6.45) is 2.19. The number of rotatable bonds is 4. The maximum Gasteiger partial charge on any atom is 0.225 e. The van der Waals surface area contributed by atoms with E-state index in [4.69, 9.17) is 0 Å². The van der Waals surface area contributed by atoms with Crippen LogP contribution in [0.3, 0.4) is 0 Å². The average molecular weight is 304 g/mol. The molecule has 0 bridgehead atoms. The molecule has 0 spiro atoms. The predicted octanol–water partition coefficient (Wildman–Crippen LogP) is 1.68. The Morgan fingerprint density at radius 1 is 1.23 bits per heavy atom. The Morgan fingerprint density at radius 2 is 1.86 bits per heavy atom. The molecule has 1 aliphatic rings. The van der Waals surface area contributed by atoms with Crippen LogP contribution in [-0.2, 0) is 4.79 Å². The van der Waals surface area contributed by atoms with E-state index in [1.165, 1.54) is 6.92 Å². The van der Waals surface area contributed by atoms with E-state index < -0.39 is 0 Å². The summed E-state index contributed by atoms with van der Waals surface area (Å²) in [4.78, 5) is 36.2. The molecular formula is C16H24N4O2. The van der Waals surface area contributed by atoms with E-state index in [1.54, 1.807) is 6.20 Å². The summed E-state index contributed by atoms with van der Waals surface area (Å²) in [5.41, 5.74) is 1.27. The number of hydrogen-bond donors (Lipinski definition) is 0. The molecule has 22 heavy (non-hydrogen) atoms. The van der Waals surface area contributed by atoms with Gasteiger partial charge < -0.3 is 9.80 Å². The molecule has 0 aromatic carbocycles. The van der Waals surface area contributed by atoms with Crippen LogP contribution in [0.15, 0.2) is 6.20 Å². The second-order valence-corrected chi connectivity index (χ2v) is 6.19. The number of aromatic nitrogens is 2. The van der Waals surface area contributed by atoms with Gasteiger partial charge in [0.15, 0.2) is 5.78 Å². The van der Waals surface area contributed by atoms with Crippen molar-refractivity contribution < 1.29 is 9.59 Å². The van der Waals surface area contributed by atoms with Crippen molar-refractivity contribution in [2.75, 3.05) is 31.1 Å². The fourth-order valence-corrected chi connectivity index (χ4v) is 2.59. The van der Waals surface area contributed by atoms with Crippen molar-refractivity contribution in [3.63, 3.8) is 0 Å². The number of anilines is 1. The highest BCUT2D eigenvalue weighted by molar-refractivity contribution is 5.94. The molecule has 120 valence electrons. The normalized spacial score (nSPS) is 15.3. The fraction of sp³-hybridized carbons (Fsp3) is 0.625.